The molecule has 0 aliphatic heterocycles. The molecule has 0 saturated carbocycles. The number of halogens is 1. The van der Waals surface area contributed by atoms with E-state index in [4.69, 9.17) is 0 Å². The van der Waals surface area contributed by atoms with Crippen LogP contribution >= 0.6 is 0 Å². The van der Waals surface area contributed by atoms with Gasteiger partial charge < -0.3 is 0 Å². The van der Waals surface area contributed by atoms with E-state index in [0.717, 1.165) is 23.0 Å². The molecule has 2 rings (SSSR count). The van der Waals surface area contributed by atoms with Crippen LogP contribution in [0, 0.1) is 11.7 Å². The van der Waals surface area contributed by atoms with E-state index in [-0.39, 0.29) is 5.82 Å². The van der Waals surface area contributed by atoms with E-state index in [1.165, 1.54) is 12.1 Å². The van der Waals surface area contributed by atoms with Gasteiger partial charge in [-0.2, -0.15) is 0 Å². The van der Waals surface area contributed by atoms with Crippen molar-refractivity contribution in [2.24, 2.45) is 5.92 Å². The fraction of sp³-hybridized carbons (Fsp3) is 0.308. The molecule has 0 aliphatic carbocycles. The number of pyridine rings is 1. The molecule has 1 nitrogen and oxygen atoms in total. The minimum Gasteiger partial charge on any atom is -0.253 e. The SMILES string of the molecule is CC(C)Cc1ccc2cc(F)ccc2n1. The lowest BCUT2D eigenvalue weighted by atomic mass is 10.1. The van der Waals surface area contributed by atoms with Crippen molar-refractivity contribution in [3.05, 3.63) is 41.8 Å². The molecule has 0 fully saturated rings. The third kappa shape index (κ3) is 2.32. The van der Waals surface area contributed by atoms with Crippen LogP contribution in [0.1, 0.15) is 19.5 Å². The van der Waals surface area contributed by atoms with Gasteiger partial charge >= 0.3 is 0 Å². The van der Waals surface area contributed by atoms with Crippen molar-refractivity contribution < 1.29 is 4.39 Å². The highest BCUT2D eigenvalue weighted by atomic mass is 19.1. The van der Waals surface area contributed by atoms with Gasteiger partial charge in [-0.1, -0.05) is 19.9 Å². The summed E-state index contributed by atoms with van der Waals surface area (Å²) < 4.78 is 12.9. The Morgan fingerprint density at radius 3 is 2.73 bits per heavy atom. The Kier molecular flexibility index (Phi) is 2.67. The number of rotatable bonds is 2. The van der Waals surface area contributed by atoms with Gasteiger partial charge in [0.1, 0.15) is 5.82 Å². The lowest BCUT2D eigenvalue weighted by Crippen LogP contribution is -1.97. The van der Waals surface area contributed by atoms with E-state index in [9.17, 15) is 4.39 Å². The number of benzene rings is 1. The van der Waals surface area contributed by atoms with Gasteiger partial charge in [-0.05, 0) is 36.6 Å². The van der Waals surface area contributed by atoms with Crippen molar-refractivity contribution in [2.45, 2.75) is 20.3 Å². The van der Waals surface area contributed by atoms with Crippen LogP contribution in [0.3, 0.4) is 0 Å². The fourth-order valence-corrected chi connectivity index (χ4v) is 1.67. The molecule has 15 heavy (non-hydrogen) atoms. The normalized spacial score (nSPS) is 11.2. The zero-order chi connectivity index (χ0) is 10.8. The maximum Gasteiger partial charge on any atom is 0.123 e. The third-order valence-corrected chi connectivity index (χ3v) is 2.33. The second kappa shape index (κ2) is 3.97. The van der Waals surface area contributed by atoms with Crippen LogP contribution in [0.5, 0.6) is 0 Å². The molecule has 0 saturated heterocycles. The quantitative estimate of drug-likeness (QED) is 0.727. The molecule has 0 amide bonds. The molecule has 0 atom stereocenters. The van der Waals surface area contributed by atoms with Crippen LogP contribution in [0.2, 0.25) is 0 Å². The average Bonchev–Trinajstić information content (AvgIpc) is 2.17. The van der Waals surface area contributed by atoms with Crippen molar-refractivity contribution in [3.63, 3.8) is 0 Å². The van der Waals surface area contributed by atoms with E-state index in [1.807, 2.05) is 12.1 Å². The molecule has 0 bridgehead atoms. The first kappa shape index (κ1) is 10.1. The van der Waals surface area contributed by atoms with Crippen LogP contribution in [0.4, 0.5) is 4.39 Å². The van der Waals surface area contributed by atoms with Gasteiger partial charge in [0.15, 0.2) is 0 Å². The van der Waals surface area contributed by atoms with E-state index in [1.54, 1.807) is 6.07 Å². The zero-order valence-electron chi connectivity index (χ0n) is 9.00. The number of hydrogen-bond donors (Lipinski definition) is 0. The Labute approximate surface area is 89.0 Å². The molecular weight excluding hydrogens is 189 g/mol. The highest BCUT2D eigenvalue weighted by Crippen LogP contribution is 2.15. The monoisotopic (exact) mass is 203 g/mol. The van der Waals surface area contributed by atoms with Gasteiger partial charge in [0.2, 0.25) is 0 Å². The molecule has 0 spiro atoms. The van der Waals surface area contributed by atoms with Crippen LogP contribution in [0.25, 0.3) is 10.9 Å². The number of aromatic nitrogens is 1. The van der Waals surface area contributed by atoms with E-state index < -0.39 is 0 Å². The average molecular weight is 203 g/mol. The Hall–Kier alpha value is -1.44. The van der Waals surface area contributed by atoms with Crippen LogP contribution in [-0.4, -0.2) is 4.98 Å². The molecule has 1 aromatic carbocycles. The second-order valence-corrected chi connectivity index (χ2v) is 4.24. The summed E-state index contributed by atoms with van der Waals surface area (Å²) in [6, 6.07) is 8.61. The van der Waals surface area contributed by atoms with E-state index in [0.29, 0.717) is 5.92 Å². The molecule has 78 valence electrons. The van der Waals surface area contributed by atoms with Crippen molar-refractivity contribution in [3.8, 4) is 0 Å². The molecule has 2 heteroatoms. The first-order valence-electron chi connectivity index (χ1n) is 5.20. The minimum absolute atomic E-state index is 0.207. The minimum atomic E-state index is -0.207. The van der Waals surface area contributed by atoms with Crippen molar-refractivity contribution in [2.75, 3.05) is 0 Å². The summed E-state index contributed by atoms with van der Waals surface area (Å²) in [5.41, 5.74) is 1.94. The first-order valence-corrected chi connectivity index (χ1v) is 5.20. The predicted molar refractivity (Wildman–Crippen MR) is 60.2 cm³/mol. The summed E-state index contributed by atoms with van der Waals surface area (Å²) in [7, 11) is 0. The van der Waals surface area contributed by atoms with Crippen molar-refractivity contribution >= 4 is 10.9 Å². The Morgan fingerprint density at radius 2 is 2.00 bits per heavy atom. The third-order valence-electron chi connectivity index (χ3n) is 2.33. The van der Waals surface area contributed by atoms with Gasteiger partial charge in [0, 0.05) is 11.1 Å². The highest BCUT2D eigenvalue weighted by molar-refractivity contribution is 5.78. The molecule has 2 aromatic rings. The van der Waals surface area contributed by atoms with Crippen LogP contribution in [-0.2, 0) is 6.42 Å². The van der Waals surface area contributed by atoms with Gasteiger partial charge in [-0.3, -0.25) is 4.98 Å². The zero-order valence-corrected chi connectivity index (χ0v) is 9.00. The highest BCUT2D eigenvalue weighted by Gasteiger charge is 2.01. The van der Waals surface area contributed by atoms with Gasteiger partial charge in [0.25, 0.3) is 0 Å². The Bertz CT molecular complexity index is 477. The largest absolute Gasteiger partial charge is 0.253 e. The van der Waals surface area contributed by atoms with Crippen molar-refractivity contribution in [1.29, 1.82) is 0 Å². The molecule has 1 heterocycles. The lowest BCUT2D eigenvalue weighted by molar-refractivity contribution is 0.628. The van der Waals surface area contributed by atoms with Gasteiger partial charge in [-0.25, -0.2) is 4.39 Å². The summed E-state index contributed by atoms with van der Waals surface area (Å²) in [6.45, 7) is 4.33. The lowest BCUT2D eigenvalue weighted by Gasteiger charge is -2.05. The Balaban J connectivity index is 2.43. The van der Waals surface area contributed by atoms with Gasteiger partial charge in [-0.15, -0.1) is 0 Å². The summed E-state index contributed by atoms with van der Waals surface area (Å²) in [4.78, 5) is 4.49. The van der Waals surface area contributed by atoms with Crippen LogP contribution < -0.4 is 0 Å². The number of nitrogens with zero attached hydrogens (tertiary/aromatic N) is 1. The first-order chi connectivity index (χ1) is 7.15. The molecular formula is C13H14FN. The predicted octanol–water partition coefficient (Wildman–Crippen LogP) is 3.57. The maximum atomic E-state index is 12.9. The molecule has 0 radical (unpaired) electrons. The van der Waals surface area contributed by atoms with E-state index in [2.05, 4.69) is 18.8 Å². The topological polar surface area (TPSA) is 12.9 Å². The summed E-state index contributed by atoms with van der Waals surface area (Å²) in [5, 5.41) is 0.863. The smallest absolute Gasteiger partial charge is 0.123 e. The standard InChI is InChI=1S/C13H14FN/c1-9(2)7-12-5-3-10-8-11(14)4-6-13(10)15-12/h3-6,8-9H,7H2,1-2H3. The molecule has 1 aromatic heterocycles. The molecule has 0 aliphatic rings. The molecule has 0 unspecified atom stereocenters. The Morgan fingerprint density at radius 1 is 1.20 bits per heavy atom. The van der Waals surface area contributed by atoms with Crippen molar-refractivity contribution in [1.82, 2.24) is 4.98 Å². The van der Waals surface area contributed by atoms with Gasteiger partial charge in [0.05, 0.1) is 5.52 Å². The number of fused-ring (bicyclic) bond motifs is 1. The fourth-order valence-electron chi connectivity index (χ4n) is 1.67. The summed E-state index contributed by atoms with van der Waals surface area (Å²) in [6.07, 6.45) is 0.966. The van der Waals surface area contributed by atoms with Crippen LogP contribution in [0.15, 0.2) is 30.3 Å². The number of hydrogen-bond acceptors (Lipinski definition) is 1. The summed E-state index contributed by atoms with van der Waals surface area (Å²) >= 11 is 0. The van der Waals surface area contributed by atoms with E-state index >= 15 is 0 Å². The maximum absolute atomic E-state index is 12.9. The molecule has 0 N–H and O–H groups in total. The second-order valence-electron chi connectivity index (χ2n) is 4.24. The summed E-state index contributed by atoms with van der Waals surface area (Å²) in [5.74, 6) is 0.385.